The normalized spacial score (nSPS) is 11.8. The lowest BCUT2D eigenvalue weighted by Gasteiger charge is -2.04. The van der Waals surface area contributed by atoms with Gasteiger partial charge in [-0.3, -0.25) is 4.21 Å². The van der Waals surface area contributed by atoms with Crippen LogP contribution in [0.15, 0.2) is 18.2 Å². The second-order valence-electron chi connectivity index (χ2n) is 2.86. The van der Waals surface area contributed by atoms with E-state index in [-0.39, 0.29) is 0 Å². The number of rotatable bonds is 3. The first-order valence-electron chi connectivity index (χ1n) is 4.04. The number of benzene rings is 1. The predicted octanol–water partition coefficient (Wildman–Crippen LogP) is 1.45. The molecule has 0 aliphatic heterocycles. The van der Waals surface area contributed by atoms with Gasteiger partial charge in [0.2, 0.25) is 0 Å². The van der Waals surface area contributed by atoms with E-state index in [1.807, 2.05) is 12.1 Å². The van der Waals surface area contributed by atoms with Gasteiger partial charge in [0.15, 0.2) is 0 Å². The zero-order valence-corrected chi connectivity index (χ0v) is 8.93. The number of nitriles is 1. The van der Waals surface area contributed by atoms with E-state index in [1.165, 1.54) is 7.11 Å². The third-order valence-electron chi connectivity index (χ3n) is 1.75. The molecule has 0 aliphatic rings. The third-order valence-corrected chi connectivity index (χ3v) is 2.49. The van der Waals surface area contributed by atoms with Gasteiger partial charge in [0.1, 0.15) is 11.8 Å². The van der Waals surface area contributed by atoms with Gasteiger partial charge in [0.05, 0.1) is 12.7 Å². The minimum Gasteiger partial charge on any atom is -0.495 e. The average molecular weight is 209 g/mol. The molecule has 3 nitrogen and oxygen atoms in total. The Bertz CT molecular complexity index is 396. The Balaban J connectivity index is 3.03. The fourth-order valence-electron chi connectivity index (χ4n) is 1.17. The molecule has 1 atom stereocenters. The van der Waals surface area contributed by atoms with Crippen LogP contribution in [0.3, 0.4) is 0 Å². The highest BCUT2D eigenvalue weighted by molar-refractivity contribution is 7.83. The van der Waals surface area contributed by atoms with Crippen molar-refractivity contribution in [3.63, 3.8) is 0 Å². The summed E-state index contributed by atoms with van der Waals surface area (Å²) in [6.07, 6.45) is 1.64. The van der Waals surface area contributed by atoms with Gasteiger partial charge in [-0.15, -0.1) is 0 Å². The van der Waals surface area contributed by atoms with Crippen LogP contribution in [0.4, 0.5) is 0 Å². The smallest absolute Gasteiger partial charge is 0.136 e. The van der Waals surface area contributed by atoms with Gasteiger partial charge in [0, 0.05) is 22.8 Å². The number of ether oxygens (including phenoxy) is 1. The molecule has 0 fully saturated rings. The molecule has 0 heterocycles. The van der Waals surface area contributed by atoms with Gasteiger partial charge < -0.3 is 4.74 Å². The summed E-state index contributed by atoms with van der Waals surface area (Å²) in [5, 5.41) is 8.80. The van der Waals surface area contributed by atoms with Crippen LogP contribution in [0, 0.1) is 11.3 Å². The van der Waals surface area contributed by atoms with Crippen molar-refractivity contribution in [2.24, 2.45) is 0 Å². The zero-order valence-electron chi connectivity index (χ0n) is 8.11. The zero-order chi connectivity index (χ0) is 10.6. The molecule has 0 spiro atoms. The Hall–Kier alpha value is -1.34. The highest BCUT2D eigenvalue weighted by Gasteiger charge is 2.04. The van der Waals surface area contributed by atoms with Crippen molar-refractivity contribution >= 4 is 10.8 Å². The van der Waals surface area contributed by atoms with Crippen LogP contribution in [-0.2, 0) is 16.6 Å². The quantitative estimate of drug-likeness (QED) is 0.757. The number of hydrogen-bond donors (Lipinski definition) is 0. The van der Waals surface area contributed by atoms with Crippen molar-refractivity contribution in [2.75, 3.05) is 13.4 Å². The number of methoxy groups -OCH3 is 1. The highest BCUT2D eigenvalue weighted by Crippen LogP contribution is 2.19. The van der Waals surface area contributed by atoms with E-state index in [2.05, 4.69) is 0 Å². The molecular weight excluding hydrogens is 198 g/mol. The molecule has 0 N–H and O–H groups in total. The Morgan fingerprint density at radius 2 is 2.29 bits per heavy atom. The monoisotopic (exact) mass is 209 g/mol. The Morgan fingerprint density at radius 3 is 2.79 bits per heavy atom. The summed E-state index contributed by atoms with van der Waals surface area (Å²) in [5.41, 5.74) is 1.37. The van der Waals surface area contributed by atoms with Gasteiger partial charge >= 0.3 is 0 Å². The minimum atomic E-state index is -0.886. The molecule has 0 aromatic heterocycles. The van der Waals surface area contributed by atoms with Crippen molar-refractivity contribution in [1.82, 2.24) is 0 Å². The van der Waals surface area contributed by atoms with Crippen LogP contribution < -0.4 is 4.74 Å². The molecule has 4 heteroatoms. The van der Waals surface area contributed by atoms with E-state index in [1.54, 1.807) is 18.4 Å². The summed E-state index contributed by atoms with van der Waals surface area (Å²) in [6, 6.07) is 7.29. The molecule has 0 aliphatic carbocycles. The maximum Gasteiger partial charge on any atom is 0.136 e. The number of hydrogen-bond acceptors (Lipinski definition) is 3. The maximum atomic E-state index is 11.0. The van der Waals surface area contributed by atoms with E-state index in [4.69, 9.17) is 10.00 Å². The molecule has 1 rings (SSSR count). The average Bonchev–Trinajstić information content (AvgIpc) is 2.16. The molecule has 0 radical (unpaired) electrons. The van der Waals surface area contributed by atoms with Gasteiger partial charge in [-0.2, -0.15) is 5.26 Å². The van der Waals surface area contributed by atoms with Crippen molar-refractivity contribution < 1.29 is 8.95 Å². The summed E-state index contributed by atoms with van der Waals surface area (Å²) in [6.45, 7) is 0. The van der Waals surface area contributed by atoms with Crippen LogP contribution in [0.5, 0.6) is 5.75 Å². The SMILES string of the molecule is COc1ccc(CS(C)=O)cc1C#N. The predicted molar refractivity (Wildman–Crippen MR) is 55.5 cm³/mol. The fourth-order valence-corrected chi connectivity index (χ4v) is 1.82. The summed E-state index contributed by atoms with van der Waals surface area (Å²) in [5.74, 6) is 1.02. The van der Waals surface area contributed by atoms with Crippen LogP contribution in [0.25, 0.3) is 0 Å². The molecule has 0 amide bonds. The molecular formula is C10H11NO2S. The molecule has 1 unspecified atom stereocenters. The lowest BCUT2D eigenvalue weighted by Crippen LogP contribution is -1.94. The second-order valence-corrected chi connectivity index (χ2v) is 4.30. The topological polar surface area (TPSA) is 50.1 Å². The van der Waals surface area contributed by atoms with Gasteiger partial charge in [0.25, 0.3) is 0 Å². The molecule has 1 aromatic rings. The van der Waals surface area contributed by atoms with E-state index >= 15 is 0 Å². The van der Waals surface area contributed by atoms with Crippen molar-refractivity contribution in [1.29, 1.82) is 5.26 Å². The molecule has 74 valence electrons. The van der Waals surface area contributed by atoms with Gasteiger partial charge in [-0.25, -0.2) is 0 Å². The lowest BCUT2D eigenvalue weighted by molar-refractivity contribution is 0.413. The Labute approximate surface area is 85.8 Å². The highest BCUT2D eigenvalue weighted by atomic mass is 32.2. The minimum absolute atomic E-state index is 0.471. The van der Waals surface area contributed by atoms with Gasteiger partial charge in [-0.1, -0.05) is 6.07 Å². The van der Waals surface area contributed by atoms with E-state index in [0.29, 0.717) is 17.1 Å². The molecule has 0 saturated carbocycles. The van der Waals surface area contributed by atoms with Crippen molar-refractivity contribution in [2.45, 2.75) is 5.75 Å². The van der Waals surface area contributed by atoms with E-state index in [9.17, 15) is 4.21 Å². The summed E-state index contributed by atoms with van der Waals surface area (Å²) < 4.78 is 16.0. The standard InChI is InChI=1S/C10H11NO2S/c1-13-10-4-3-8(7-14(2)12)5-9(10)6-11/h3-5H,7H2,1-2H3. The summed E-state index contributed by atoms with van der Waals surface area (Å²) in [7, 11) is 0.636. The van der Waals surface area contributed by atoms with E-state index in [0.717, 1.165) is 5.56 Å². The van der Waals surface area contributed by atoms with Crippen LogP contribution in [0.1, 0.15) is 11.1 Å². The first-order chi connectivity index (χ1) is 6.67. The largest absolute Gasteiger partial charge is 0.495 e. The molecule has 14 heavy (non-hydrogen) atoms. The first kappa shape index (κ1) is 10.7. The fraction of sp³-hybridized carbons (Fsp3) is 0.300. The summed E-state index contributed by atoms with van der Waals surface area (Å²) in [4.78, 5) is 0. The van der Waals surface area contributed by atoms with Crippen molar-refractivity contribution in [3.05, 3.63) is 29.3 Å². The van der Waals surface area contributed by atoms with Gasteiger partial charge in [-0.05, 0) is 17.7 Å². The van der Waals surface area contributed by atoms with Crippen LogP contribution in [-0.4, -0.2) is 17.6 Å². The van der Waals surface area contributed by atoms with Crippen LogP contribution >= 0.6 is 0 Å². The molecule has 0 saturated heterocycles. The Kier molecular flexibility index (Phi) is 3.66. The maximum absolute atomic E-state index is 11.0. The summed E-state index contributed by atoms with van der Waals surface area (Å²) >= 11 is 0. The second kappa shape index (κ2) is 4.77. The first-order valence-corrected chi connectivity index (χ1v) is 5.77. The Morgan fingerprint density at radius 1 is 1.57 bits per heavy atom. The van der Waals surface area contributed by atoms with E-state index < -0.39 is 10.8 Å². The lowest BCUT2D eigenvalue weighted by atomic mass is 10.1. The molecule has 0 bridgehead atoms. The third kappa shape index (κ3) is 2.57. The molecule has 1 aromatic carbocycles. The number of nitrogens with zero attached hydrogens (tertiary/aromatic N) is 1. The van der Waals surface area contributed by atoms with Crippen LogP contribution in [0.2, 0.25) is 0 Å². The van der Waals surface area contributed by atoms with Crippen molar-refractivity contribution in [3.8, 4) is 11.8 Å².